The number of likely N-dealkylation sites (N-methyl/N-ethyl adjacent to an activating group) is 1. The average Bonchev–Trinajstić information content (AvgIpc) is 2.87. The molecule has 8 heteroatoms. The summed E-state index contributed by atoms with van der Waals surface area (Å²) in [4.78, 5) is 27.2. The van der Waals surface area contributed by atoms with Gasteiger partial charge in [0.15, 0.2) is 5.69 Å². The highest BCUT2D eigenvalue weighted by Crippen LogP contribution is 2.02. The first-order chi connectivity index (χ1) is 9.10. The number of aromatic nitrogens is 3. The van der Waals surface area contributed by atoms with Crippen LogP contribution in [0.25, 0.3) is 0 Å². The minimum Gasteiger partial charge on any atom is -0.464 e. The van der Waals surface area contributed by atoms with Gasteiger partial charge in [0.05, 0.1) is 13.3 Å². The van der Waals surface area contributed by atoms with E-state index >= 15 is 0 Å². The molecule has 19 heavy (non-hydrogen) atoms. The number of rotatable bonds is 3. The second-order valence-electron chi connectivity index (χ2n) is 4.48. The number of esters is 1. The fourth-order valence-corrected chi connectivity index (χ4v) is 1.87. The molecular weight excluding hydrogens is 250 g/mol. The molecule has 1 aromatic heterocycles. The van der Waals surface area contributed by atoms with Crippen LogP contribution in [0.1, 0.15) is 10.5 Å². The number of nitrogens with zero attached hydrogens (tertiary/aromatic N) is 5. The molecule has 1 aliphatic rings. The second-order valence-corrected chi connectivity index (χ2v) is 4.48. The summed E-state index contributed by atoms with van der Waals surface area (Å²) in [7, 11) is 3.30. The van der Waals surface area contributed by atoms with Crippen molar-refractivity contribution in [1.82, 2.24) is 24.8 Å². The maximum atomic E-state index is 12.0. The quantitative estimate of drug-likeness (QED) is 0.643. The van der Waals surface area contributed by atoms with Gasteiger partial charge < -0.3 is 14.5 Å². The molecule has 0 N–H and O–H groups in total. The fourth-order valence-electron chi connectivity index (χ4n) is 1.87. The molecule has 1 aromatic rings. The van der Waals surface area contributed by atoms with Crippen LogP contribution in [0.2, 0.25) is 0 Å². The second kappa shape index (κ2) is 5.79. The topological polar surface area (TPSA) is 80.6 Å². The Balaban J connectivity index is 1.92. The first-order valence-electron chi connectivity index (χ1n) is 6.05. The molecule has 104 valence electrons. The van der Waals surface area contributed by atoms with Crippen molar-refractivity contribution in [2.45, 2.75) is 6.54 Å². The minimum atomic E-state index is -0.557. The van der Waals surface area contributed by atoms with Gasteiger partial charge in [-0.25, -0.2) is 9.48 Å². The lowest BCUT2D eigenvalue weighted by atomic mass is 10.3. The number of ether oxygens (including phenoxy) is 1. The summed E-state index contributed by atoms with van der Waals surface area (Å²) in [5.74, 6) is -0.576. The van der Waals surface area contributed by atoms with Crippen LogP contribution >= 0.6 is 0 Å². The van der Waals surface area contributed by atoms with E-state index in [0.717, 1.165) is 13.1 Å². The van der Waals surface area contributed by atoms with Gasteiger partial charge in [-0.05, 0) is 7.05 Å². The van der Waals surface area contributed by atoms with Crippen molar-refractivity contribution in [3.63, 3.8) is 0 Å². The van der Waals surface area contributed by atoms with Crippen LogP contribution in [-0.4, -0.2) is 77.0 Å². The zero-order chi connectivity index (χ0) is 13.8. The van der Waals surface area contributed by atoms with Crippen molar-refractivity contribution >= 4 is 11.9 Å². The predicted octanol–water partition coefficient (Wildman–Crippen LogP) is -1.16. The summed E-state index contributed by atoms with van der Waals surface area (Å²) < 4.78 is 5.88. The summed E-state index contributed by atoms with van der Waals surface area (Å²) in [6.07, 6.45) is 1.42. The molecule has 1 amide bonds. The Labute approximate surface area is 110 Å². The van der Waals surface area contributed by atoms with Crippen molar-refractivity contribution < 1.29 is 14.3 Å². The smallest absolute Gasteiger partial charge is 0.360 e. The third-order valence-corrected chi connectivity index (χ3v) is 3.09. The van der Waals surface area contributed by atoms with E-state index in [2.05, 4.69) is 19.9 Å². The maximum absolute atomic E-state index is 12.0. The predicted molar refractivity (Wildman–Crippen MR) is 65.4 cm³/mol. The van der Waals surface area contributed by atoms with Crippen LogP contribution in [0.15, 0.2) is 6.20 Å². The Hall–Kier alpha value is -1.96. The molecule has 1 saturated heterocycles. The van der Waals surface area contributed by atoms with Crippen molar-refractivity contribution in [1.29, 1.82) is 0 Å². The van der Waals surface area contributed by atoms with Crippen LogP contribution in [0.4, 0.5) is 0 Å². The molecule has 0 spiro atoms. The van der Waals surface area contributed by atoms with Gasteiger partial charge in [-0.1, -0.05) is 5.21 Å². The number of piperazine rings is 1. The zero-order valence-corrected chi connectivity index (χ0v) is 11.1. The lowest BCUT2D eigenvalue weighted by Crippen LogP contribution is -2.48. The Bertz CT molecular complexity index is 465. The van der Waals surface area contributed by atoms with Crippen LogP contribution < -0.4 is 0 Å². The first-order valence-corrected chi connectivity index (χ1v) is 6.05. The zero-order valence-electron chi connectivity index (χ0n) is 11.1. The van der Waals surface area contributed by atoms with E-state index in [-0.39, 0.29) is 18.1 Å². The van der Waals surface area contributed by atoms with Crippen molar-refractivity contribution in [2.24, 2.45) is 0 Å². The van der Waals surface area contributed by atoms with Crippen LogP contribution in [-0.2, 0) is 16.1 Å². The molecule has 0 atom stereocenters. The standard InChI is InChI=1S/C11H17N5O3/c1-14-3-5-15(6-4-14)10(17)8-16-7-9(12-13-16)11(18)19-2/h7H,3-6,8H2,1-2H3. The first kappa shape index (κ1) is 13.5. The van der Waals surface area contributed by atoms with Crippen LogP contribution in [0.3, 0.4) is 0 Å². The Kier molecular flexibility index (Phi) is 4.10. The molecule has 0 saturated carbocycles. The van der Waals surface area contributed by atoms with Crippen molar-refractivity contribution in [3.05, 3.63) is 11.9 Å². The molecule has 2 heterocycles. The van der Waals surface area contributed by atoms with Gasteiger partial charge in [0.1, 0.15) is 6.54 Å². The van der Waals surface area contributed by atoms with Gasteiger partial charge in [-0.15, -0.1) is 5.10 Å². The summed E-state index contributed by atoms with van der Waals surface area (Å²) in [6, 6.07) is 0. The van der Waals surface area contributed by atoms with E-state index in [0.29, 0.717) is 13.1 Å². The molecule has 1 aliphatic heterocycles. The van der Waals surface area contributed by atoms with E-state index in [1.165, 1.54) is 18.0 Å². The Morgan fingerprint density at radius 2 is 2.00 bits per heavy atom. The summed E-state index contributed by atoms with van der Waals surface area (Å²) in [6.45, 7) is 3.27. The highest BCUT2D eigenvalue weighted by atomic mass is 16.5. The van der Waals surface area contributed by atoms with E-state index in [1.807, 2.05) is 7.05 Å². The molecule has 8 nitrogen and oxygen atoms in total. The van der Waals surface area contributed by atoms with E-state index in [1.54, 1.807) is 4.90 Å². The fraction of sp³-hybridized carbons (Fsp3) is 0.636. The average molecular weight is 267 g/mol. The Morgan fingerprint density at radius 3 is 2.63 bits per heavy atom. The third kappa shape index (κ3) is 3.28. The molecule has 2 rings (SSSR count). The van der Waals surface area contributed by atoms with Crippen molar-refractivity contribution in [3.8, 4) is 0 Å². The number of carbonyl (C=O) groups is 2. The van der Waals surface area contributed by atoms with E-state index < -0.39 is 5.97 Å². The van der Waals surface area contributed by atoms with E-state index in [4.69, 9.17) is 0 Å². The highest BCUT2D eigenvalue weighted by Gasteiger charge is 2.20. The lowest BCUT2D eigenvalue weighted by Gasteiger charge is -2.32. The van der Waals surface area contributed by atoms with Gasteiger partial charge in [-0.3, -0.25) is 4.79 Å². The molecule has 1 fully saturated rings. The molecular formula is C11H17N5O3. The minimum absolute atomic E-state index is 0.0191. The Morgan fingerprint density at radius 1 is 1.32 bits per heavy atom. The van der Waals surface area contributed by atoms with Gasteiger partial charge in [0.2, 0.25) is 5.91 Å². The monoisotopic (exact) mass is 267 g/mol. The van der Waals surface area contributed by atoms with Crippen LogP contribution in [0.5, 0.6) is 0 Å². The normalized spacial score (nSPS) is 16.4. The number of hydrogen-bond donors (Lipinski definition) is 0. The lowest BCUT2D eigenvalue weighted by molar-refractivity contribution is -0.133. The van der Waals surface area contributed by atoms with Gasteiger partial charge >= 0.3 is 5.97 Å². The SMILES string of the molecule is COC(=O)c1cn(CC(=O)N2CCN(C)CC2)nn1. The van der Waals surface area contributed by atoms with E-state index in [9.17, 15) is 9.59 Å². The highest BCUT2D eigenvalue weighted by molar-refractivity contribution is 5.86. The molecule has 0 aliphatic carbocycles. The van der Waals surface area contributed by atoms with Crippen molar-refractivity contribution in [2.75, 3.05) is 40.3 Å². The van der Waals surface area contributed by atoms with Crippen LogP contribution in [0, 0.1) is 0 Å². The number of carbonyl (C=O) groups excluding carboxylic acids is 2. The molecule has 0 unspecified atom stereocenters. The largest absolute Gasteiger partial charge is 0.464 e. The summed E-state index contributed by atoms with van der Waals surface area (Å²) in [5, 5.41) is 7.40. The van der Waals surface area contributed by atoms with Gasteiger partial charge in [0, 0.05) is 26.2 Å². The number of hydrogen-bond acceptors (Lipinski definition) is 6. The molecule has 0 aromatic carbocycles. The van der Waals surface area contributed by atoms with Gasteiger partial charge in [-0.2, -0.15) is 0 Å². The maximum Gasteiger partial charge on any atom is 0.360 e. The number of methoxy groups -OCH3 is 1. The number of amides is 1. The third-order valence-electron chi connectivity index (χ3n) is 3.09. The molecule has 0 bridgehead atoms. The van der Waals surface area contributed by atoms with Gasteiger partial charge in [0.25, 0.3) is 0 Å². The molecule has 0 radical (unpaired) electrons. The summed E-state index contributed by atoms with van der Waals surface area (Å²) in [5.41, 5.74) is 0.105. The summed E-state index contributed by atoms with van der Waals surface area (Å²) >= 11 is 0.